The molecule has 0 aromatic heterocycles. The summed E-state index contributed by atoms with van der Waals surface area (Å²) in [6.45, 7) is 7.16. The Bertz CT molecular complexity index is 2430. The maximum absolute atomic E-state index is 13.4. The zero-order valence-electron chi connectivity index (χ0n) is 61.0. The van der Waals surface area contributed by atoms with E-state index in [1.54, 1.807) is 30.6 Å². The van der Waals surface area contributed by atoms with Gasteiger partial charge in [-0.2, -0.15) is 0 Å². The third-order valence-corrected chi connectivity index (χ3v) is 16.8. The van der Waals surface area contributed by atoms with E-state index in [1.165, 1.54) is 20.8 Å². The van der Waals surface area contributed by atoms with Crippen molar-refractivity contribution in [2.75, 3.05) is 191 Å². The topological polar surface area (TPSA) is 562 Å². The van der Waals surface area contributed by atoms with E-state index in [-0.39, 0.29) is 178 Å². The Labute approximate surface area is 611 Å². The molecule has 3 aliphatic rings. The van der Waals surface area contributed by atoms with E-state index in [0.29, 0.717) is 25.7 Å². The van der Waals surface area contributed by atoms with E-state index in [1.807, 2.05) is 0 Å². The second-order valence-corrected chi connectivity index (χ2v) is 27.0. The summed E-state index contributed by atoms with van der Waals surface area (Å²) in [7, 11) is -4.49. The number of unbranched alkanes of at least 4 members (excludes halogenated alkanes) is 3. The predicted molar refractivity (Wildman–Crippen MR) is 361 cm³/mol. The molecule has 0 spiro atoms. The molecule has 16 N–H and O–H groups in total. The highest BCUT2D eigenvalue weighted by atomic mass is 31.2. The van der Waals surface area contributed by atoms with Crippen LogP contribution in [0.4, 0.5) is 0 Å². The number of hydrogen-bond donors (Lipinski definition) is 16. The molecule has 7 amide bonds. The minimum absolute atomic E-state index is 0.0368. The molecule has 612 valence electrons. The highest BCUT2D eigenvalue weighted by Crippen LogP contribution is 2.43. The molecule has 16 unspecified atom stereocenters. The molecular formula is C63H117N9O32P-. The molecule has 3 fully saturated rings. The van der Waals surface area contributed by atoms with E-state index in [2.05, 4.69) is 37.2 Å². The van der Waals surface area contributed by atoms with Crippen molar-refractivity contribution in [1.82, 2.24) is 47.0 Å². The number of phosphoric acid groups is 1. The third-order valence-electron chi connectivity index (χ3n) is 15.5. The smallest absolute Gasteiger partial charge is 0.268 e. The van der Waals surface area contributed by atoms with Gasteiger partial charge in [0.25, 0.3) is 7.82 Å². The molecule has 42 heteroatoms. The van der Waals surface area contributed by atoms with E-state index >= 15 is 0 Å². The summed E-state index contributed by atoms with van der Waals surface area (Å²) in [5.74, 6) is -3.29. The van der Waals surface area contributed by atoms with Crippen LogP contribution in [0.1, 0.15) is 73.6 Å². The zero-order valence-corrected chi connectivity index (χ0v) is 61.9. The first-order valence-corrected chi connectivity index (χ1v) is 36.6. The summed E-state index contributed by atoms with van der Waals surface area (Å²) in [5.41, 5.74) is -0.947. The first-order valence-electron chi connectivity index (χ1n) is 35.2. The van der Waals surface area contributed by atoms with E-state index in [0.717, 1.165) is 0 Å². The number of rotatable bonds is 57. The van der Waals surface area contributed by atoms with Crippen molar-refractivity contribution < 1.29 is 155 Å². The molecular weight excluding hydrogens is 1430 g/mol. The SMILES string of the molecule is CC(=O)NC1C(OCCOCCOCCNC(=O)CN(CCCN(CC(=O)NCCOCCOCCOC2OC(CO)C(O)C(O)C2NC(C)=O)CC(=O)NCCOCCOCCOC2OC(CO)C(O)C(O)C2NC(C)=O)CC(=O)NCCCCCCOP(=O)([O-])OC(C)(C)C)OC(CO)C(O)C1O. The van der Waals surface area contributed by atoms with Crippen molar-refractivity contribution in [3.05, 3.63) is 0 Å². The molecule has 0 bridgehead atoms. The zero-order chi connectivity index (χ0) is 77.7. The summed E-state index contributed by atoms with van der Waals surface area (Å²) in [6, 6.07) is -3.35. The Kier molecular flexibility index (Phi) is 48.1. The molecule has 0 aliphatic carbocycles. The third kappa shape index (κ3) is 40.7. The summed E-state index contributed by atoms with van der Waals surface area (Å²) in [5, 5.41) is 109. The summed E-state index contributed by atoms with van der Waals surface area (Å²) in [6.07, 6.45) is -13.4. The van der Waals surface area contributed by atoms with Gasteiger partial charge in [-0.3, -0.25) is 47.9 Å². The fraction of sp³-hybridized carbons (Fsp3) is 0.889. The number of hydrogen-bond acceptors (Lipinski definition) is 34. The average molecular weight is 1540 g/mol. The maximum atomic E-state index is 13.4. The number of aliphatic hydroxyl groups excluding tert-OH is 9. The minimum Gasteiger partial charge on any atom is -0.756 e. The molecule has 3 rings (SSSR count). The molecule has 0 radical (unpaired) electrons. The van der Waals surface area contributed by atoms with Crippen LogP contribution in [-0.4, -0.2) is 386 Å². The lowest BCUT2D eigenvalue weighted by Gasteiger charge is -2.42. The van der Waals surface area contributed by atoms with E-state index < -0.39 is 167 Å². The standard InChI is InChI=1S/C63H118N9O32P/c1-41(76)68-51-57(86)54(83)44(38-73)101-60(51)97-31-28-94-25-22-91-19-13-65-48(80)35-71(34-47(79)64-12-9-7-8-10-18-100-105(89,90)104-63(4,5)6)16-11-17-72(36-49(81)66-14-20-92-23-26-95-29-32-98-61-52(69-42(2)77)58(87)55(84)45(39-74)102-61)37-50(82)67-15-21-93-24-27-96-30-33-99-62-53(70-43(3)78)59(88)56(85)46(40-75)103-62/h44-46,51-62,73-75,83-88H,7-40H2,1-6H3,(H,64,79)(H,65,80)(H,66,81)(H,67,82)(H,68,76)(H,69,77)(H,70,78)(H,89,90)/p-1. The van der Waals surface area contributed by atoms with Gasteiger partial charge in [0.15, 0.2) is 18.9 Å². The van der Waals surface area contributed by atoms with Gasteiger partial charge in [-0.1, -0.05) is 12.8 Å². The Morgan fingerprint density at radius 2 is 0.686 bits per heavy atom. The number of nitrogens with zero attached hydrogens (tertiary/aromatic N) is 2. The second-order valence-electron chi connectivity index (χ2n) is 25.7. The number of ether oxygens (including phenoxy) is 12. The number of amides is 7. The van der Waals surface area contributed by atoms with Crippen LogP contribution < -0.4 is 42.1 Å². The molecule has 0 saturated carbocycles. The first kappa shape index (κ1) is 94.7. The normalized spacial score (nSPS) is 25.5. The molecule has 3 aliphatic heterocycles. The van der Waals surface area contributed by atoms with Gasteiger partial charge in [0.1, 0.15) is 73.1 Å². The number of nitrogens with one attached hydrogen (secondary N) is 7. The van der Waals surface area contributed by atoms with Crippen molar-refractivity contribution in [2.45, 2.75) is 171 Å². The Morgan fingerprint density at radius 1 is 0.400 bits per heavy atom. The Hall–Kier alpha value is -4.52. The van der Waals surface area contributed by atoms with Crippen LogP contribution in [0.25, 0.3) is 0 Å². The van der Waals surface area contributed by atoms with Gasteiger partial charge in [0.05, 0.1) is 157 Å². The van der Waals surface area contributed by atoms with Crippen LogP contribution in [0.5, 0.6) is 0 Å². The summed E-state index contributed by atoms with van der Waals surface area (Å²) in [4.78, 5) is 104. The van der Waals surface area contributed by atoms with Crippen LogP contribution in [0.3, 0.4) is 0 Å². The lowest BCUT2D eigenvalue weighted by molar-refractivity contribution is -0.272. The van der Waals surface area contributed by atoms with Crippen LogP contribution in [0.15, 0.2) is 0 Å². The average Bonchev–Trinajstić information content (AvgIpc) is 0.822. The largest absolute Gasteiger partial charge is 0.756 e. The van der Waals surface area contributed by atoms with Crippen molar-refractivity contribution in [3.8, 4) is 0 Å². The predicted octanol–water partition coefficient (Wildman–Crippen LogP) is -8.71. The molecule has 0 aromatic carbocycles. The number of aliphatic hydroxyl groups is 9. The molecule has 41 nitrogen and oxygen atoms in total. The Morgan fingerprint density at radius 3 is 0.981 bits per heavy atom. The van der Waals surface area contributed by atoms with Gasteiger partial charge < -0.3 is 154 Å². The minimum atomic E-state index is -4.49. The van der Waals surface area contributed by atoms with Crippen molar-refractivity contribution in [3.63, 3.8) is 0 Å². The maximum Gasteiger partial charge on any atom is 0.268 e. The van der Waals surface area contributed by atoms with Crippen molar-refractivity contribution >= 4 is 49.2 Å². The lowest BCUT2D eigenvalue weighted by Crippen LogP contribution is -2.64. The second kappa shape index (κ2) is 53.3. The number of phosphoric ester groups is 1. The van der Waals surface area contributed by atoms with Gasteiger partial charge >= 0.3 is 0 Å². The molecule has 16 atom stereocenters. The quantitative estimate of drug-likeness (QED) is 0.0199. The first-order chi connectivity index (χ1) is 50.0. The van der Waals surface area contributed by atoms with Gasteiger partial charge in [0.2, 0.25) is 41.4 Å². The molecule has 3 heterocycles. The summed E-state index contributed by atoms with van der Waals surface area (Å²) >= 11 is 0. The van der Waals surface area contributed by atoms with Crippen molar-refractivity contribution in [1.29, 1.82) is 0 Å². The summed E-state index contributed by atoms with van der Waals surface area (Å²) < 4.78 is 89.1. The molecule has 105 heavy (non-hydrogen) atoms. The van der Waals surface area contributed by atoms with Gasteiger partial charge in [-0.25, -0.2) is 0 Å². The fourth-order valence-corrected chi connectivity index (χ4v) is 11.7. The molecule has 0 aromatic rings. The van der Waals surface area contributed by atoms with Gasteiger partial charge in [0, 0.05) is 60.0 Å². The lowest BCUT2D eigenvalue weighted by atomic mass is 9.97. The van der Waals surface area contributed by atoms with Crippen LogP contribution in [0.2, 0.25) is 0 Å². The van der Waals surface area contributed by atoms with Crippen LogP contribution in [0, 0.1) is 0 Å². The van der Waals surface area contributed by atoms with Crippen LogP contribution in [-0.2, 0) is 104 Å². The van der Waals surface area contributed by atoms with Crippen molar-refractivity contribution in [2.24, 2.45) is 0 Å². The van der Waals surface area contributed by atoms with Crippen LogP contribution >= 0.6 is 7.82 Å². The van der Waals surface area contributed by atoms with E-state index in [4.69, 9.17) is 65.9 Å². The highest BCUT2D eigenvalue weighted by Gasteiger charge is 2.48. The van der Waals surface area contributed by atoms with E-state index in [9.17, 15) is 89.0 Å². The highest BCUT2D eigenvalue weighted by molar-refractivity contribution is 7.45. The van der Waals surface area contributed by atoms with Gasteiger partial charge in [-0.05, 0) is 40.0 Å². The monoisotopic (exact) mass is 1540 g/mol. The number of carbonyl (C=O) groups is 7. The number of carbonyl (C=O) groups excluding carboxylic acids is 7. The van der Waals surface area contributed by atoms with Gasteiger partial charge in [-0.15, -0.1) is 0 Å². The fourth-order valence-electron chi connectivity index (χ4n) is 10.6. The molecule has 3 saturated heterocycles. The Balaban J connectivity index is 1.56.